The zero-order valence-electron chi connectivity index (χ0n) is 17.9. The number of anilines is 2. The van der Waals surface area contributed by atoms with Gasteiger partial charge in [0, 0.05) is 31.5 Å². The van der Waals surface area contributed by atoms with E-state index in [1.54, 1.807) is 11.0 Å². The first-order valence-electron chi connectivity index (χ1n) is 10.3. The van der Waals surface area contributed by atoms with Crippen LogP contribution in [0.2, 0.25) is 10.3 Å². The van der Waals surface area contributed by atoms with E-state index >= 15 is 0 Å². The minimum absolute atomic E-state index is 0.0730. The number of benzene rings is 1. The van der Waals surface area contributed by atoms with Crippen molar-refractivity contribution in [3.63, 3.8) is 0 Å². The summed E-state index contributed by atoms with van der Waals surface area (Å²) in [6, 6.07) is 6.42. The number of carboxylic acids is 1. The topological polar surface area (TPSA) is 91.2 Å². The summed E-state index contributed by atoms with van der Waals surface area (Å²) in [5, 5.41) is 12.9. The predicted molar refractivity (Wildman–Crippen MR) is 124 cm³/mol. The summed E-state index contributed by atoms with van der Waals surface area (Å²) in [5.74, 6) is -3.55. The van der Waals surface area contributed by atoms with Gasteiger partial charge in [0.05, 0.1) is 22.8 Å². The van der Waals surface area contributed by atoms with Crippen LogP contribution in [0.25, 0.3) is 11.0 Å². The van der Waals surface area contributed by atoms with Gasteiger partial charge in [-0.1, -0.05) is 29.3 Å². The number of rotatable bonds is 5. The molecule has 0 saturated carbocycles. The molecule has 1 atom stereocenters. The lowest BCUT2D eigenvalue weighted by atomic mass is 10.0. The molecule has 0 aliphatic carbocycles. The van der Waals surface area contributed by atoms with Crippen LogP contribution in [0.1, 0.15) is 47.4 Å². The van der Waals surface area contributed by atoms with Crippen LogP contribution in [-0.4, -0.2) is 45.0 Å². The zero-order chi connectivity index (χ0) is 23.9. The van der Waals surface area contributed by atoms with Crippen molar-refractivity contribution in [3.8, 4) is 0 Å². The van der Waals surface area contributed by atoms with Crippen molar-refractivity contribution in [1.29, 1.82) is 0 Å². The molecule has 11 heteroatoms. The van der Waals surface area contributed by atoms with Gasteiger partial charge in [-0.3, -0.25) is 0 Å². The second kappa shape index (κ2) is 8.87. The van der Waals surface area contributed by atoms with Gasteiger partial charge in [-0.25, -0.2) is 28.5 Å². The minimum Gasteiger partial charge on any atom is -0.476 e. The van der Waals surface area contributed by atoms with Crippen LogP contribution in [-0.2, 0) is 0 Å². The first-order chi connectivity index (χ1) is 15.5. The van der Waals surface area contributed by atoms with E-state index in [0.717, 1.165) is 11.1 Å². The first-order valence-corrected chi connectivity index (χ1v) is 11.1. The molecule has 174 valence electrons. The van der Waals surface area contributed by atoms with Gasteiger partial charge in [0.2, 0.25) is 0 Å². The summed E-state index contributed by atoms with van der Waals surface area (Å²) in [6.07, 6.45) is -0.549. The normalized spacial score (nSPS) is 16.6. The van der Waals surface area contributed by atoms with E-state index in [2.05, 4.69) is 15.3 Å². The van der Waals surface area contributed by atoms with Gasteiger partial charge in [0.1, 0.15) is 5.15 Å². The Bertz CT molecular complexity index is 1230. The molecule has 3 heterocycles. The van der Waals surface area contributed by atoms with E-state index in [-0.39, 0.29) is 48.0 Å². The highest BCUT2D eigenvalue weighted by Gasteiger charge is 2.35. The number of carboxylic acid groups (broad SMARTS) is 1. The lowest BCUT2D eigenvalue weighted by Crippen LogP contribution is -2.40. The standard InChI is InChI=1S/C22H21Cl2F2N5O2/c1-11-9-13(12(2)27-14-3-4-16(23)29-18(14)21(32)33)17-15(10-11)28-19(24)20(30-17)31-7-5-22(25,26)6-8-31/h3-4,9-10,12,27H,5-8H2,1-2H3,(H,32,33). The Morgan fingerprint density at radius 1 is 1.18 bits per heavy atom. The Morgan fingerprint density at radius 3 is 2.55 bits per heavy atom. The monoisotopic (exact) mass is 495 g/mol. The SMILES string of the molecule is Cc1cc(C(C)Nc2ccc(Cl)nc2C(=O)O)c2nc(N3CCC(F)(F)CC3)c(Cl)nc2c1. The molecule has 0 amide bonds. The smallest absolute Gasteiger partial charge is 0.356 e. The molecule has 0 radical (unpaired) electrons. The van der Waals surface area contributed by atoms with Crippen LogP contribution < -0.4 is 10.2 Å². The summed E-state index contributed by atoms with van der Waals surface area (Å²) in [6.45, 7) is 4.00. The minimum atomic E-state index is -2.69. The second-order valence-electron chi connectivity index (χ2n) is 8.10. The van der Waals surface area contributed by atoms with Crippen LogP contribution in [0.15, 0.2) is 24.3 Å². The Hall–Kier alpha value is -2.78. The number of hydrogen-bond acceptors (Lipinski definition) is 6. The molecule has 2 aromatic heterocycles. The summed E-state index contributed by atoms with van der Waals surface area (Å²) in [4.78, 5) is 26.4. The number of fused-ring (bicyclic) bond motifs is 1. The highest BCUT2D eigenvalue weighted by molar-refractivity contribution is 6.32. The van der Waals surface area contributed by atoms with Gasteiger partial charge in [-0.15, -0.1) is 0 Å². The number of nitrogens with zero attached hydrogens (tertiary/aromatic N) is 4. The van der Waals surface area contributed by atoms with Gasteiger partial charge in [0.15, 0.2) is 16.7 Å². The van der Waals surface area contributed by atoms with Gasteiger partial charge < -0.3 is 15.3 Å². The Morgan fingerprint density at radius 2 is 1.88 bits per heavy atom. The van der Waals surface area contributed by atoms with Crippen molar-refractivity contribution in [3.05, 3.63) is 51.4 Å². The molecule has 1 fully saturated rings. The third-order valence-electron chi connectivity index (χ3n) is 5.58. The fourth-order valence-electron chi connectivity index (χ4n) is 3.90. The molecule has 7 nitrogen and oxygen atoms in total. The van der Waals surface area contributed by atoms with Gasteiger partial charge in [-0.05, 0) is 37.6 Å². The number of nitrogens with one attached hydrogen (secondary N) is 1. The van der Waals surface area contributed by atoms with E-state index in [1.165, 1.54) is 6.07 Å². The van der Waals surface area contributed by atoms with Crippen LogP contribution in [0.4, 0.5) is 20.3 Å². The Kier molecular flexibility index (Phi) is 6.28. The van der Waals surface area contributed by atoms with Crippen molar-refractivity contribution in [2.75, 3.05) is 23.3 Å². The largest absolute Gasteiger partial charge is 0.476 e. The van der Waals surface area contributed by atoms with Gasteiger partial charge in [0.25, 0.3) is 5.92 Å². The van der Waals surface area contributed by atoms with Crippen molar-refractivity contribution < 1.29 is 18.7 Å². The first kappa shape index (κ1) is 23.4. The lowest BCUT2D eigenvalue weighted by Gasteiger charge is -2.33. The molecular weight excluding hydrogens is 475 g/mol. The van der Waals surface area contributed by atoms with E-state index in [9.17, 15) is 18.7 Å². The molecule has 0 spiro atoms. The van der Waals surface area contributed by atoms with Crippen molar-refractivity contribution >= 4 is 51.7 Å². The molecule has 1 aliphatic rings. The third kappa shape index (κ3) is 4.94. The average molecular weight is 496 g/mol. The van der Waals surface area contributed by atoms with Crippen molar-refractivity contribution in [2.45, 2.75) is 38.7 Å². The Balaban J connectivity index is 1.74. The number of halogens is 4. The lowest BCUT2D eigenvalue weighted by molar-refractivity contribution is -0.0221. The van der Waals surface area contributed by atoms with E-state index in [4.69, 9.17) is 28.2 Å². The fraction of sp³-hybridized carbons (Fsp3) is 0.364. The molecule has 1 saturated heterocycles. The molecule has 1 aliphatic heterocycles. The van der Waals surface area contributed by atoms with Crippen LogP contribution in [0, 0.1) is 6.92 Å². The van der Waals surface area contributed by atoms with Crippen LogP contribution in [0.3, 0.4) is 0 Å². The number of aromatic nitrogens is 3. The maximum absolute atomic E-state index is 13.6. The number of pyridine rings is 1. The Labute approximate surface area is 198 Å². The fourth-order valence-corrected chi connectivity index (χ4v) is 4.31. The molecular formula is C22H21Cl2F2N5O2. The van der Waals surface area contributed by atoms with E-state index in [0.29, 0.717) is 22.5 Å². The molecule has 3 aromatic rings. The molecule has 0 bridgehead atoms. The number of piperidine rings is 1. The summed E-state index contributed by atoms with van der Waals surface area (Å²) >= 11 is 12.2. The maximum Gasteiger partial charge on any atom is 0.356 e. The quantitative estimate of drug-likeness (QED) is 0.435. The number of carbonyl (C=O) groups is 1. The number of hydrogen-bond donors (Lipinski definition) is 2. The number of alkyl halides is 2. The van der Waals surface area contributed by atoms with Gasteiger partial charge in [-0.2, -0.15) is 0 Å². The third-order valence-corrected chi connectivity index (χ3v) is 6.05. The van der Waals surface area contributed by atoms with E-state index < -0.39 is 11.9 Å². The van der Waals surface area contributed by atoms with Crippen LogP contribution >= 0.6 is 23.2 Å². The highest BCUT2D eigenvalue weighted by Crippen LogP contribution is 2.35. The highest BCUT2D eigenvalue weighted by atomic mass is 35.5. The van der Waals surface area contributed by atoms with Crippen molar-refractivity contribution in [2.24, 2.45) is 0 Å². The number of aromatic carboxylic acids is 1. The summed E-state index contributed by atoms with van der Waals surface area (Å²) in [7, 11) is 0. The molecule has 1 aromatic carbocycles. The summed E-state index contributed by atoms with van der Waals surface area (Å²) in [5.41, 5.74) is 2.88. The zero-order valence-corrected chi connectivity index (χ0v) is 19.4. The van der Waals surface area contributed by atoms with Gasteiger partial charge >= 0.3 is 5.97 Å². The summed E-state index contributed by atoms with van der Waals surface area (Å²) < 4.78 is 27.2. The maximum atomic E-state index is 13.6. The molecule has 33 heavy (non-hydrogen) atoms. The number of aryl methyl sites for hydroxylation is 1. The molecule has 2 N–H and O–H groups in total. The van der Waals surface area contributed by atoms with Crippen molar-refractivity contribution in [1.82, 2.24) is 15.0 Å². The van der Waals surface area contributed by atoms with Crippen LogP contribution in [0.5, 0.6) is 0 Å². The molecule has 4 rings (SSSR count). The molecule has 1 unspecified atom stereocenters. The average Bonchev–Trinajstić information content (AvgIpc) is 2.74. The van der Waals surface area contributed by atoms with E-state index in [1.807, 2.05) is 26.0 Å². The second-order valence-corrected chi connectivity index (χ2v) is 8.85. The predicted octanol–water partition coefficient (Wildman–Crippen LogP) is 5.75.